The Hall–Kier alpha value is -1.59. The van der Waals surface area contributed by atoms with Crippen LogP contribution in [0, 0.1) is 5.41 Å². The molecule has 1 N–H and O–H groups in total. The highest BCUT2D eigenvalue weighted by Gasteiger charge is 2.40. The summed E-state index contributed by atoms with van der Waals surface area (Å²) in [6.07, 6.45) is 1.08. The topological polar surface area (TPSA) is 91.3 Å². The lowest BCUT2D eigenvalue weighted by atomic mass is 9.88. The van der Waals surface area contributed by atoms with Crippen LogP contribution in [0.15, 0.2) is 76.1 Å². The van der Waals surface area contributed by atoms with Gasteiger partial charge in [0.25, 0.3) is 0 Å². The van der Waals surface area contributed by atoms with E-state index < -0.39 is 27.1 Å². The standard InChI is InChI=1S/C30H41BrO7S/c1-22-27(38-30(4,5)37-22)18-25(36-21-35-19-23-12-8-6-9-13-23)16-24(31)17-28(32)29(2,3)20-39(33,34)26-14-10-7-11-15-26/h6-15,17,22,25,27-28,32H,16,18-21H2,1-5H3/b24-17-/t22-,25+,27-,28-/m1/s1. The smallest absolute Gasteiger partial charge is 0.179 e. The molecule has 0 unspecified atom stereocenters. The fourth-order valence-corrected chi connectivity index (χ4v) is 7.07. The number of ether oxygens (including phenoxy) is 4. The van der Waals surface area contributed by atoms with Gasteiger partial charge in [-0.05, 0) is 49.0 Å². The first kappa shape index (κ1) is 31.9. The van der Waals surface area contributed by atoms with Gasteiger partial charge in [-0.1, -0.05) is 78.3 Å². The molecule has 1 saturated heterocycles. The predicted octanol–water partition coefficient (Wildman–Crippen LogP) is 6.01. The summed E-state index contributed by atoms with van der Waals surface area (Å²) in [5.41, 5.74) is 0.126. The molecule has 0 spiro atoms. The molecule has 3 rings (SSSR count). The van der Waals surface area contributed by atoms with E-state index in [1.165, 1.54) is 0 Å². The molecular weight excluding hydrogens is 584 g/mol. The number of sulfone groups is 1. The van der Waals surface area contributed by atoms with E-state index in [9.17, 15) is 13.5 Å². The van der Waals surface area contributed by atoms with E-state index in [0.29, 0.717) is 23.9 Å². The fourth-order valence-electron chi connectivity index (χ4n) is 4.57. The summed E-state index contributed by atoms with van der Waals surface area (Å²) in [6, 6.07) is 18.2. The zero-order valence-corrected chi connectivity index (χ0v) is 25.8. The van der Waals surface area contributed by atoms with Crippen molar-refractivity contribution in [1.29, 1.82) is 0 Å². The summed E-state index contributed by atoms with van der Waals surface area (Å²) in [5.74, 6) is -0.870. The molecule has 4 atom stereocenters. The van der Waals surface area contributed by atoms with Crippen molar-refractivity contribution in [3.8, 4) is 0 Å². The molecule has 1 fully saturated rings. The van der Waals surface area contributed by atoms with Crippen LogP contribution in [-0.4, -0.2) is 56.3 Å². The van der Waals surface area contributed by atoms with Crippen LogP contribution in [0.25, 0.3) is 0 Å². The molecule has 2 aromatic rings. The minimum atomic E-state index is -3.57. The second-order valence-electron chi connectivity index (χ2n) is 11.2. The third-order valence-electron chi connectivity index (χ3n) is 6.65. The monoisotopic (exact) mass is 624 g/mol. The highest BCUT2D eigenvalue weighted by Crippen LogP contribution is 2.33. The number of rotatable bonds is 14. The molecule has 1 aliphatic heterocycles. The number of benzene rings is 2. The summed E-state index contributed by atoms with van der Waals surface area (Å²) in [4.78, 5) is 0.244. The zero-order chi connectivity index (χ0) is 28.7. The summed E-state index contributed by atoms with van der Waals surface area (Å²) in [7, 11) is -3.57. The van der Waals surface area contributed by atoms with E-state index in [2.05, 4.69) is 15.9 Å². The average Bonchev–Trinajstić information content (AvgIpc) is 3.12. The van der Waals surface area contributed by atoms with E-state index >= 15 is 0 Å². The molecule has 9 heteroatoms. The molecule has 0 aromatic heterocycles. The van der Waals surface area contributed by atoms with Crippen LogP contribution in [0.1, 0.15) is 53.0 Å². The first-order chi connectivity index (χ1) is 18.3. The molecule has 0 bridgehead atoms. The van der Waals surface area contributed by atoms with E-state index in [4.69, 9.17) is 18.9 Å². The van der Waals surface area contributed by atoms with Gasteiger partial charge in [0.15, 0.2) is 15.6 Å². The van der Waals surface area contributed by atoms with Gasteiger partial charge in [-0.25, -0.2) is 8.42 Å². The fraction of sp³-hybridized carbons (Fsp3) is 0.533. The molecule has 7 nitrogen and oxygen atoms in total. The van der Waals surface area contributed by atoms with Crippen molar-refractivity contribution < 1.29 is 32.5 Å². The minimum Gasteiger partial charge on any atom is -0.388 e. The van der Waals surface area contributed by atoms with Gasteiger partial charge in [-0.2, -0.15) is 0 Å². The molecule has 0 radical (unpaired) electrons. The number of hydrogen-bond acceptors (Lipinski definition) is 7. The maximum atomic E-state index is 12.9. The van der Waals surface area contributed by atoms with E-state index in [0.717, 1.165) is 5.56 Å². The van der Waals surface area contributed by atoms with E-state index in [-0.39, 0.29) is 35.8 Å². The normalized spacial score (nSPS) is 21.6. The first-order valence-corrected chi connectivity index (χ1v) is 15.6. The summed E-state index contributed by atoms with van der Waals surface area (Å²) in [5, 5.41) is 11.0. The lowest BCUT2D eigenvalue weighted by Gasteiger charge is -2.29. The number of hydrogen-bond donors (Lipinski definition) is 1. The Morgan fingerprint density at radius 3 is 2.31 bits per heavy atom. The van der Waals surface area contributed by atoms with Gasteiger partial charge in [-0.3, -0.25) is 0 Å². The van der Waals surface area contributed by atoms with E-state index in [1.807, 2.05) is 51.1 Å². The molecule has 0 saturated carbocycles. The van der Waals surface area contributed by atoms with Crippen LogP contribution in [0.3, 0.4) is 0 Å². The maximum absolute atomic E-state index is 12.9. The van der Waals surface area contributed by atoms with Gasteiger partial charge in [0.1, 0.15) is 6.79 Å². The van der Waals surface area contributed by atoms with Crippen LogP contribution in [0.5, 0.6) is 0 Å². The quantitative estimate of drug-likeness (QED) is 0.203. The highest BCUT2D eigenvalue weighted by molar-refractivity contribution is 9.11. The third-order valence-corrected chi connectivity index (χ3v) is 9.35. The molecule has 216 valence electrons. The minimum absolute atomic E-state index is 0.0918. The Morgan fingerprint density at radius 2 is 1.72 bits per heavy atom. The molecular formula is C30H41BrO7S. The zero-order valence-electron chi connectivity index (χ0n) is 23.4. The summed E-state index contributed by atoms with van der Waals surface area (Å²) in [6.45, 7) is 9.77. The van der Waals surface area contributed by atoms with Crippen LogP contribution >= 0.6 is 15.9 Å². The van der Waals surface area contributed by atoms with Crippen molar-refractivity contribution in [1.82, 2.24) is 0 Å². The Balaban J connectivity index is 1.65. The second-order valence-corrected chi connectivity index (χ2v) is 14.2. The van der Waals surface area contributed by atoms with Crippen molar-refractivity contribution >= 4 is 25.8 Å². The number of aliphatic hydroxyl groups excluding tert-OH is 1. The van der Waals surface area contributed by atoms with Crippen molar-refractivity contribution in [2.75, 3.05) is 12.5 Å². The van der Waals surface area contributed by atoms with Crippen LogP contribution < -0.4 is 0 Å². The van der Waals surface area contributed by atoms with Crippen molar-refractivity contribution in [2.24, 2.45) is 5.41 Å². The van der Waals surface area contributed by atoms with Crippen LogP contribution in [0.2, 0.25) is 0 Å². The van der Waals surface area contributed by atoms with Crippen molar-refractivity contribution in [3.63, 3.8) is 0 Å². The largest absolute Gasteiger partial charge is 0.388 e. The van der Waals surface area contributed by atoms with Gasteiger partial charge in [0.2, 0.25) is 0 Å². The molecule has 1 aliphatic rings. The van der Waals surface area contributed by atoms with Gasteiger partial charge in [-0.15, -0.1) is 0 Å². The van der Waals surface area contributed by atoms with Crippen molar-refractivity contribution in [3.05, 3.63) is 76.8 Å². The molecule has 0 amide bonds. The van der Waals surface area contributed by atoms with Gasteiger partial charge < -0.3 is 24.1 Å². The first-order valence-electron chi connectivity index (χ1n) is 13.2. The molecule has 2 aromatic carbocycles. The molecule has 0 aliphatic carbocycles. The Morgan fingerprint density at radius 1 is 1.10 bits per heavy atom. The predicted molar refractivity (Wildman–Crippen MR) is 155 cm³/mol. The Labute approximate surface area is 241 Å². The van der Waals surface area contributed by atoms with Crippen LogP contribution in [-0.2, 0) is 35.4 Å². The Kier molecular flexibility index (Phi) is 11.3. The van der Waals surface area contributed by atoms with Gasteiger partial charge >= 0.3 is 0 Å². The molecule has 1 heterocycles. The molecule has 39 heavy (non-hydrogen) atoms. The third kappa shape index (κ3) is 10.1. The summed E-state index contributed by atoms with van der Waals surface area (Å²) >= 11 is 3.59. The lowest BCUT2D eigenvalue weighted by Crippen LogP contribution is -2.35. The van der Waals surface area contributed by atoms with Crippen molar-refractivity contribution in [2.45, 2.75) is 89.2 Å². The van der Waals surface area contributed by atoms with E-state index in [1.54, 1.807) is 50.3 Å². The van der Waals surface area contributed by atoms with Crippen LogP contribution in [0.4, 0.5) is 0 Å². The SMILES string of the molecule is C[C@H]1OC(C)(C)O[C@@H]1C[C@H](C/C(Br)=C/[C@@H](O)C(C)(C)CS(=O)(=O)c1ccccc1)OCOCc1ccccc1. The number of aliphatic hydroxyl groups is 1. The van der Waals surface area contributed by atoms with Gasteiger partial charge in [0.05, 0.1) is 41.7 Å². The maximum Gasteiger partial charge on any atom is 0.179 e. The lowest BCUT2D eigenvalue weighted by molar-refractivity contribution is -0.151. The highest BCUT2D eigenvalue weighted by atomic mass is 79.9. The summed E-state index contributed by atoms with van der Waals surface area (Å²) < 4.78 is 50.4. The number of halogens is 1. The van der Waals surface area contributed by atoms with Gasteiger partial charge in [0, 0.05) is 18.3 Å². The Bertz CT molecular complexity index is 1170. The second kappa shape index (κ2) is 13.9. The average molecular weight is 626 g/mol.